The molecule has 1 aromatic heterocycles. The molecule has 0 unspecified atom stereocenters. The van der Waals surface area contributed by atoms with Crippen molar-refractivity contribution in [1.82, 2.24) is 0 Å². The van der Waals surface area contributed by atoms with Crippen molar-refractivity contribution in [1.29, 1.82) is 0 Å². The van der Waals surface area contributed by atoms with Gasteiger partial charge < -0.3 is 10.1 Å². The number of anilines is 1. The van der Waals surface area contributed by atoms with E-state index in [0.29, 0.717) is 17.2 Å². The maximum atomic E-state index is 13.2. The Hall–Kier alpha value is -1.90. The molecule has 0 bridgehead atoms. The molecule has 1 amide bonds. The van der Waals surface area contributed by atoms with Gasteiger partial charge in [-0.25, -0.2) is 4.99 Å². The van der Waals surface area contributed by atoms with E-state index in [1.165, 1.54) is 4.88 Å². The van der Waals surface area contributed by atoms with E-state index in [1.54, 1.807) is 17.6 Å². The zero-order chi connectivity index (χ0) is 21.8. The summed E-state index contributed by atoms with van der Waals surface area (Å²) < 4.78 is 6.75. The first-order valence-electron chi connectivity index (χ1n) is 10.2. The number of ether oxygens (including phenoxy) is 1. The molecule has 3 aromatic rings. The molecule has 31 heavy (non-hydrogen) atoms. The highest BCUT2D eigenvalue weighted by Crippen LogP contribution is 2.40. The Morgan fingerprint density at radius 3 is 2.81 bits per heavy atom. The normalized spacial score (nSPS) is 13.3. The molecule has 1 aliphatic carbocycles. The lowest BCUT2D eigenvalue weighted by Crippen LogP contribution is -2.14. The van der Waals surface area contributed by atoms with Gasteiger partial charge in [-0.15, -0.1) is 11.3 Å². The smallest absolute Gasteiger partial charge is 0.259 e. The zero-order valence-corrected chi connectivity index (χ0v) is 20.8. The average molecular weight is 565 g/mol. The number of fused-ring (bicyclic) bond motifs is 1. The molecule has 0 spiro atoms. The Balaban J connectivity index is 1.72. The van der Waals surface area contributed by atoms with Gasteiger partial charge in [0.15, 0.2) is 0 Å². The van der Waals surface area contributed by atoms with Gasteiger partial charge in [0.05, 0.1) is 15.7 Å². The minimum atomic E-state index is -0.108. The average Bonchev–Trinajstić information content (AvgIpc) is 3.13. The van der Waals surface area contributed by atoms with E-state index in [9.17, 15) is 4.79 Å². The van der Waals surface area contributed by atoms with Gasteiger partial charge in [0.1, 0.15) is 10.8 Å². The maximum absolute atomic E-state index is 13.2. The second-order valence-electron chi connectivity index (χ2n) is 7.21. The fraction of sp³-hybridized carbons (Fsp3) is 0.250. The van der Waals surface area contributed by atoms with Crippen LogP contribution in [0.5, 0.6) is 5.75 Å². The number of para-hydroxylation sites is 1. The molecule has 4 rings (SSSR count). The van der Waals surface area contributed by atoms with Crippen molar-refractivity contribution in [3.63, 3.8) is 0 Å². The second kappa shape index (κ2) is 10.1. The van der Waals surface area contributed by atoms with Crippen LogP contribution >= 0.6 is 45.5 Å². The molecule has 0 saturated carbocycles. The number of halogens is 2. The number of hydrogen-bond donors (Lipinski definition) is 1. The SMILES string of the molecule is CCOc1c(I)cc(Cl)cc1C=Nc1sc2c(c1C(=O)Nc1ccccc1)CCCC2. The monoisotopic (exact) mass is 564 g/mol. The highest BCUT2D eigenvalue weighted by atomic mass is 127. The first-order valence-corrected chi connectivity index (χ1v) is 12.5. The summed E-state index contributed by atoms with van der Waals surface area (Å²) in [6.45, 7) is 2.50. The van der Waals surface area contributed by atoms with Gasteiger partial charge in [0.2, 0.25) is 0 Å². The second-order valence-corrected chi connectivity index (χ2v) is 9.89. The van der Waals surface area contributed by atoms with Gasteiger partial charge in [-0.1, -0.05) is 29.8 Å². The fourth-order valence-electron chi connectivity index (χ4n) is 3.69. The van der Waals surface area contributed by atoms with Gasteiger partial charge in [0.25, 0.3) is 5.91 Å². The molecule has 7 heteroatoms. The fourth-order valence-corrected chi connectivity index (χ4v) is 6.14. The van der Waals surface area contributed by atoms with E-state index < -0.39 is 0 Å². The molecule has 160 valence electrons. The third-order valence-electron chi connectivity index (χ3n) is 5.06. The number of benzene rings is 2. The topological polar surface area (TPSA) is 50.7 Å². The third-order valence-corrected chi connectivity index (χ3v) is 7.28. The first kappa shape index (κ1) is 22.3. The van der Waals surface area contributed by atoms with Crippen LogP contribution in [0, 0.1) is 3.57 Å². The number of carbonyl (C=O) groups is 1. The van der Waals surface area contributed by atoms with Crippen LogP contribution in [0.1, 0.15) is 46.1 Å². The van der Waals surface area contributed by atoms with Crippen molar-refractivity contribution in [2.24, 2.45) is 4.99 Å². The number of aryl methyl sites for hydroxylation is 1. The van der Waals surface area contributed by atoms with E-state index in [2.05, 4.69) is 27.9 Å². The van der Waals surface area contributed by atoms with Crippen molar-refractivity contribution in [2.75, 3.05) is 11.9 Å². The van der Waals surface area contributed by atoms with Crippen molar-refractivity contribution >= 4 is 68.3 Å². The van der Waals surface area contributed by atoms with Gasteiger partial charge in [-0.05, 0) is 85.0 Å². The maximum Gasteiger partial charge on any atom is 0.259 e. The summed E-state index contributed by atoms with van der Waals surface area (Å²) >= 11 is 10.1. The van der Waals surface area contributed by atoms with Crippen LogP contribution < -0.4 is 10.1 Å². The molecule has 0 aliphatic heterocycles. The molecule has 0 atom stereocenters. The molecule has 1 N–H and O–H groups in total. The summed E-state index contributed by atoms with van der Waals surface area (Å²) in [6, 6.07) is 13.2. The van der Waals surface area contributed by atoms with E-state index in [-0.39, 0.29) is 5.91 Å². The Labute approximate surface area is 204 Å². The van der Waals surface area contributed by atoms with Gasteiger partial charge in [-0.3, -0.25) is 4.79 Å². The number of aliphatic imine (C=N–C) groups is 1. The highest BCUT2D eigenvalue weighted by molar-refractivity contribution is 14.1. The summed E-state index contributed by atoms with van der Waals surface area (Å²) in [5, 5.41) is 4.39. The van der Waals surface area contributed by atoms with Gasteiger partial charge >= 0.3 is 0 Å². The minimum Gasteiger partial charge on any atom is -0.492 e. The molecule has 4 nitrogen and oxygen atoms in total. The van der Waals surface area contributed by atoms with Crippen LogP contribution in [-0.4, -0.2) is 18.7 Å². The lowest BCUT2D eigenvalue weighted by molar-refractivity contribution is 0.102. The summed E-state index contributed by atoms with van der Waals surface area (Å²) in [7, 11) is 0. The molecule has 0 fully saturated rings. The number of nitrogens with one attached hydrogen (secondary N) is 1. The molecule has 1 aliphatic rings. The molecule has 0 radical (unpaired) electrons. The van der Waals surface area contributed by atoms with E-state index in [1.807, 2.05) is 49.4 Å². The van der Waals surface area contributed by atoms with Crippen LogP contribution in [0.25, 0.3) is 0 Å². The Bertz CT molecular complexity index is 1130. The third kappa shape index (κ3) is 5.13. The van der Waals surface area contributed by atoms with Crippen molar-refractivity contribution in [3.05, 3.63) is 72.6 Å². The van der Waals surface area contributed by atoms with E-state index in [4.69, 9.17) is 21.3 Å². The Morgan fingerprint density at radius 1 is 1.26 bits per heavy atom. The van der Waals surface area contributed by atoms with Crippen molar-refractivity contribution < 1.29 is 9.53 Å². The number of hydrogen-bond acceptors (Lipinski definition) is 4. The quantitative estimate of drug-likeness (QED) is 0.253. The summed E-state index contributed by atoms with van der Waals surface area (Å²) in [5.41, 5.74) is 3.41. The zero-order valence-electron chi connectivity index (χ0n) is 17.1. The summed E-state index contributed by atoms with van der Waals surface area (Å²) in [5.74, 6) is 0.649. The largest absolute Gasteiger partial charge is 0.492 e. The number of nitrogens with zero attached hydrogens (tertiary/aromatic N) is 1. The van der Waals surface area contributed by atoms with Gasteiger partial charge in [-0.2, -0.15) is 0 Å². The Morgan fingerprint density at radius 2 is 2.03 bits per heavy atom. The molecule has 1 heterocycles. The molecule has 0 saturated heterocycles. The van der Waals surface area contributed by atoms with E-state index in [0.717, 1.165) is 56.8 Å². The lowest BCUT2D eigenvalue weighted by atomic mass is 9.95. The highest BCUT2D eigenvalue weighted by Gasteiger charge is 2.25. The summed E-state index contributed by atoms with van der Waals surface area (Å²) in [6.07, 6.45) is 5.92. The van der Waals surface area contributed by atoms with Crippen molar-refractivity contribution in [2.45, 2.75) is 32.6 Å². The van der Waals surface area contributed by atoms with Gasteiger partial charge in [0, 0.05) is 27.4 Å². The Kier molecular flexibility index (Phi) is 7.30. The molecular weight excluding hydrogens is 543 g/mol. The van der Waals surface area contributed by atoms with Crippen molar-refractivity contribution in [3.8, 4) is 5.75 Å². The van der Waals surface area contributed by atoms with Crippen LogP contribution in [0.4, 0.5) is 10.7 Å². The van der Waals surface area contributed by atoms with Crippen LogP contribution in [-0.2, 0) is 12.8 Å². The van der Waals surface area contributed by atoms with Crippen LogP contribution in [0.3, 0.4) is 0 Å². The lowest BCUT2D eigenvalue weighted by Gasteiger charge is -2.13. The summed E-state index contributed by atoms with van der Waals surface area (Å²) in [4.78, 5) is 19.3. The molecule has 2 aromatic carbocycles. The van der Waals surface area contributed by atoms with Crippen LogP contribution in [0.15, 0.2) is 47.5 Å². The number of rotatable bonds is 6. The first-order chi connectivity index (χ1) is 15.1. The predicted molar refractivity (Wildman–Crippen MR) is 138 cm³/mol. The number of amides is 1. The molecular formula is C24H22ClIN2O2S. The standard InChI is InChI=1S/C24H22ClIN2O2S/c1-2-30-22-15(12-16(25)13-19(22)26)14-27-24-21(18-10-6-7-11-20(18)31-24)23(29)28-17-8-4-3-5-9-17/h3-5,8-9,12-14H,2,6-7,10-11H2,1H3,(H,28,29). The number of carbonyl (C=O) groups excluding carboxylic acids is 1. The van der Waals surface area contributed by atoms with Crippen LogP contribution in [0.2, 0.25) is 5.02 Å². The number of thiophene rings is 1. The predicted octanol–water partition coefficient (Wildman–Crippen LogP) is 7.29. The van der Waals surface area contributed by atoms with E-state index >= 15 is 0 Å². The minimum absolute atomic E-state index is 0.108.